The largest absolute Gasteiger partial charge is 0.491 e. The number of nitrogens with one attached hydrogen (secondary N) is 1. The van der Waals surface area contributed by atoms with E-state index in [1.807, 2.05) is 68.4 Å². The monoisotopic (exact) mass is 530 g/mol. The Kier molecular flexibility index (Phi) is 7.11. The van der Waals surface area contributed by atoms with Crippen LogP contribution < -0.4 is 15.9 Å². The van der Waals surface area contributed by atoms with Crippen LogP contribution in [0.5, 0.6) is 5.75 Å². The molecular weight excluding hydrogens is 504 g/mol. The molecule has 1 amide bonds. The van der Waals surface area contributed by atoms with Crippen LogP contribution in [0.2, 0.25) is 0 Å². The van der Waals surface area contributed by atoms with Gasteiger partial charge in [-0.25, -0.2) is 9.66 Å². The van der Waals surface area contributed by atoms with E-state index in [9.17, 15) is 4.79 Å². The molecule has 0 unspecified atom stereocenters. The smallest absolute Gasteiger partial charge is 0.234 e. The maximum absolute atomic E-state index is 12.6. The molecule has 0 saturated heterocycles. The molecule has 2 heterocycles. The lowest BCUT2D eigenvalue weighted by Crippen LogP contribution is -2.16. The Morgan fingerprint density at radius 1 is 1.08 bits per heavy atom. The van der Waals surface area contributed by atoms with E-state index >= 15 is 0 Å². The van der Waals surface area contributed by atoms with E-state index in [1.165, 1.54) is 22.0 Å². The van der Waals surface area contributed by atoms with Crippen molar-refractivity contribution >= 4 is 44.9 Å². The summed E-state index contributed by atoms with van der Waals surface area (Å²) in [4.78, 5) is 17.3. The summed E-state index contributed by atoms with van der Waals surface area (Å²) in [6.45, 7) is 6.01. The second kappa shape index (κ2) is 10.6. The molecule has 0 radical (unpaired) electrons. The quantitative estimate of drug-likeness (QED) is 0.194. The van der Waals surface area contributed by atoms with Crippen LogP contribution >= 0.6 is 23.1 Å². The molecule has 5 rings (SSSR count). The van der Waals surface area contributed by atoms with Crippen molar-refractivity contribution in [3.05, 3.63) is 72.3 Å². The van der Waals surface area contributed by atoms with Crippen LogP contribution in [0.3, 0.4) is 0 Å². The molecule has 0 atom stereocenters. The predicted molar refractivity (Wildman–Crippen MR) is 151 cm³/mol. The first-order valence-electron chi connectivity index (χ1n) is 11.7. The summed E-state index contributed by atoms with van der Waals surface area (Å²) in [6, 6.07) is 21.5. The highest BCUT2D eigenvalue weighted by Gasteiger charge is 2.15. The Morgan fingerprint density at radius 3 is 2.68 bits per heavy atom. The molecular formula is C27H26N6O2S2. The molecule has 0 aliphatic carbocycles. The Balaban J connectivity index is 1.20. The van der Waals surface area contributed by atoms with Crippen molar-refractivity contribution in [3.63, 3.8) is 0 Å². The number of thioether (sulfide) groups is 1. The summed E-state index contributed by atoms with van der Waals surface area (Å²) in [5.41, 5.74) is 4.72. The molecule has 10 heteroatoms. The first kappa shape index (κ1) is 24.8. The normalized spacial score (nSPS) is 11.2. The number of rotatable bonds is 8. The molecule has 0 spiro atoms. The molecule has 37 heavy (non-hydrogen) atoms. The van der Waals surface area contributed by atoms with Gasteiger partial charge in [0.1, 0.15) is 10.8 Å². The van der Waals surface area contributed by atoms with Crippen LogP contribution in [0.25, 0.3) is 32.2 Å². The van der Waals surface area contributed by atoms with E-state index in [1.54, 1.807) is 11.3 Å². The highest BCUT2D eigenvalue weighted by atomic mass is 32.2. The van der Waals surface area contributed by atoms with Gasteiger partial charge in [-0.15, -0.1) is 21.5 Å². The minimum atomic E-state index is -0.162. The molecule has 0 aliphatic rings. The van der Waals surface area contributed by atoms with Crippen molar-refractivity contribution in [1.82, 2.24) is 19.9 Å². The Labute approximate surface area is 222 Å². The molecule has 0 bridgehead atoms. The molecule has 3 aromatic carbocycles. The lowest BCUT2D eigenvalue weighted by molar-refractivity contribution is -0.113. The summed E-state index contributed by atoms with van der Waals surface area (Å²) < 4.78 is 8.30. The highest BCUT2D eigenvalue weighted by Crippen LogP contribution is 2.31. The zero-order chi connectivity index (χ0) is 25.9. The van der Waals surface area contributed by atoms with Gasteiger partial charge in [-0.1, -0.05) is 30.0 Å². The number of nitrogens with zero attached hydrogens (tertiary/aromatic N) is 4. The second-order valence-electron chi connectivity index (χ2n) is 8.78. The predicted octanol–water partition coefficient (Wildman–Crippen LogP) is 5.76. The summed E-state index contributed by atoms with van der Waals surface area (Å²) >= 11 is 2.88. The maximum Gasteiger partial charge on any atom is 0.234 e. The van der Waals surface area contributed by atoms with Crippen molar-refractivity contribution in [3.8, 4) is 27.7 Å². The minimum absolute atomic E-state index is 0.0589. The fraction of sp³-hybridized carbons (Fsp3) is 0.185. The number of hydrogen-bond acceptors (Lipinski definition) is 8. The molecule has 0 saturated carbocycles. The number of carbonyl (C=O) groups excluding carboxylic acids is 1. The topological polar surface area (TPSA) is 108 Å². The third-order valence-electron chi connectivity index (χ3n) is 5.42. The summed E-state index contributed by atoms with van der Waals surface area (Å²) in [5.74, 6) is 7.44. The van der Waals surface area contributed by atoms with Crippen LogP contribution in [-0.4, -0.2) is 37.6 Å². The zero-order valence-electron chi connectivity index (χ0n) is 20.6. The SMILES string of the molecule is Cc1ccc2nc(-c3ccc(NC(=O)CSc4nnc(-c5cccc(OC(C)C)c5)n4N)cc3)sc2c1. The lowest BCUT2D eigenvalue weighted by Gasteiger charge is -2.10. The molecule has 0 fully saturated rings. The van der Waals surface area contributed by atoms with Gasteiger partial charge in [-0.05, 0) is 74.9 Å². The van der Waals surface area contributed by atoms with Gasteiger partial charge >= 0.3 is 0 Å². The number of nitrogens with two attached hydrogens (primary N) is 1. The number of thiazole rings is 1. The Hall–Kier alpha value is -3.89. The standard InChI is InChI=1S/C27H26N6O2S2/c1-16(2)35-21-6-4-5-19(14-21)25-31-32-27(33(25)28)36-15-24(34)29-20-10-8-18(9-11-20)26-30-22-12-7-17(3)13-23(22)37-26/h4-14,16H,15,28H2,1-3H3,(H,29,34). The van der Waals surface area contributed by atoms with Crippen LogP contribution in [0.1, 0.15) is 19.4 Å². The number of amides is 1. The van der Waals surface area contributed by atoms with E-state index < -0.39 is 0 Å². The van der Waals surface area contributed by atoms with Gasteiger partial charge in [0.25, 0.3) is 0 Å². The molecule has 188 valence electrons. The number of nitrogen functional groups attached to an aromatic ring is 1. The van der Waals surface area contributed by atoms with E-state index in [4.69, 9.17) is 15.6 Å². The molecule has 0 aliphatic heterocycles. The van der Waals surface area contributed by atoms with Crippen molar-refractivity contribution in [2.24, 2.45) is 0 Å². The molecule has 2 aromatic heterocycles. The van der Waals surface area contributed by atoms with Crippen LogP contribution in [0, 0.1) is 6.92 Å². The second-order valence-corrected chi connectivity index (χ2v) is 10.7. The Bertz CT molecular complexity index is 1560. The zero-order valence-corrected chi connectivity index (χ0v) is 22.3. The van der Waals surface area contributed by atoms with Crippen molar-refractivity contribution in [2.75, 3.05) is 16.9 Å². The van der Waals surface area contributed by atoms with Crippen molar-refractivity contribution in [2.45, 2.75) is 32.0 Å². The van der Waals surface area contributed by atoms with Gasteiger partial charge in [-0.2, -0.15) is 0 Å². The number of hydrogen-bond donors (Lipinski definition) is 2. The maximum atomic E-state index is 12.6. The van der Waals surface area contributed by atoms with Gasteiger partial charge in [-0.3, -0.25) is 4.79 Å². The average Bonchev–Trinajstić information content (AvgIpc) is 3.46. The first-order chi connectivity index (χ1) is 17.9. The van der Waals surface area contributed by atoms with Crippen molar-refractivity contribution < 1.29 is 9.53 Å². The number of aromatic nitrogens is 4. The van der Waals surface area contributed by atoms with E-state index in [0.29, 0.717) is 16.7 Å². The Morgan fingerprint density at radius 2 is 1.89 bits per heavy atom. The summed E-state index contributed by atoms with van der Waals surface area (Å²) in [6.07, 6.45) is 0.0589. The van der Waals surface area contributed by atoms with Crippen LogP contribution in [0.15, 0.2) is 71.9 Å². The fourth-order valence-corrected chi connectivity index (χ4v) is 5.46. The van der Waals surface area contributed by atoms with Gasteiger partial charge in [0.05, 0.1) is 22.1 Å². The number of ether oxygens (including phenoxy) is 1. The highest BCUT2D eigenvalue weighted by molar-refractivity contribution is 7.99. The average molecular weight is 531 g/mol. The van der Waals surface area contributed by atoms with Gasteiger partial charge in [0, 0.05) is 16.8 Å². The first-order valence-corrected chi connectivity index (χ1v) is 13.5. The number of fused-ring (bicyclic) bond motifs is 1. The summed E-state index contributed by atoms with van der Waals surface area (Å²) in [5, 5.41) is 12.7. The molecule has 5 aromatic rings. The van der Waals surface area contributed by atoms with Crippen LogP contribution in [-0.2, 0) is 4.79 Å². The van der Waals surface area contributed by atoms with Gasteiger partial charge in [0.15, 0.2) is 5.82 Å². The van der Waals surface area contributed by atoms with Crippen molar-refractivity contribution in [1.29, 1.82) is 0 Å². The van der Waals surface area contributed by atoms with E-state index in [0.717, 1.165) is 32.1 Å². The van der Waals surface area contributed by atoms with Gasteiger partial charge < -0.3 is 15.9 Å². The minimum Gasteiger partial charge on any atom is -0.491 e. The number of benzene rings is 3. The van der Waals surface area contributed by atoms with Crippen LogP contribution in [0.4, 0.5) is 5.69 Å². The third kappa shape index (κ3) is 5.76. The number of aryl methyl sites for hydroxylation is 1. The van der Waals surface area contributed by atoms with E-state index in [-0.39, 0.29) is 17.8 Å². The van der Waals surface area contributed by atoms with Gasteiger partial charge in [0.2, 0.25) is 11.1 Å². The lowest BCUT2D eigenvalue weighted by atomic mass is 10.2. The third-order valence-corrected chi connectivity index (χ3v) is 7.43. The number of carbonyl (C=O) groups is 1. The van der Waals surface area contributed by atoms with E-state index in [2.05, 4.69) is 34.6 Å². The fourth-order valence-electron chi connectivity index (χ4n) is 3.73. The summed E-state index contributed by atoms with van der Waals surface area (Å²) in [7, 11) is 0. The molecule has 8 nitrogen and oxygen atoms in total. The number of anilines is 1. The molecule has 3 N–H and O–H groups in total.